The SMILES string of the molecule is COc1cc(OC)cc(-n2c(SCC#N)nc3cc(C(=O)NC4CCCC4)ccc3c2=O)c1. The lowest BCUT2D eigenvalue weighted by Crippen LogP contribution is -2.32. The number of hydrogen-bond acceptors (Lipinski definition) is 7. The van der Waals surface area contributed by atoms with E-state index in [1.54, 1.807) is 36.4 Å². The first-order valence-corrected chi connectivity index (χ1v) is 11.6. The number of fused-ring (bicyclic) bond motifs is 1. The maximum Gasteiger partial charge on any atom is 0.266 e. The van der Waals surface area contributed by atoms with Crippen molar-refractivity contribution in [1.82, 2.24) is 14.9 Å². The fourth-order valence-corrected chi connectivity index (χ4v) is 4.66. The maximum absolute atomic E-state index is 13.5. The summed E-state index contributed by atoms with van der Waals surface area (Å²) in [4.78, 5) is 30.9. The number of amides is 1. The molecule has 3 aromatic rings. The first-order valence-electron chi connectivity index (χ1n) is 10.6. The van der Waals surface area contributed by atoms with E-state index in [4.69, 9.17) is 14.7 Å². The number of nitrogens with one attached hydrogen (secondary N) is 1. The fourth-order valence-electron chi connectivity index (χ4n) is 3.99. The lowest BCUT2D eigenvalue weighted by atomic mass is 10.1. The van der Waals surface area contributed by atoms with E-state index in [0.717, 1.165) is 37.4 Å². The number of ether oxygens (including phenoxy) is 2. The van der Waals surface area contributed by atoms with Gasteiger partial charge in [0.25, 0.3) is 11.5 Å². The molecule has 1 amide bonds. The van der Waals surface area contributed by atoms with Gasteiger partial charge in [0.2, 0.25) is 0 Å². The third kappa shape index (κ3) is 4.81. The summed E-state index contributed by atoms with van der Waals surface area (Å²) in [6.07, 6.45) is 4.22. The summed E-state index contributed by atoms with van der Waals surface area (Å²) in [6, 6.07) is 12.3. The van der Waals surface area contributed by atoms with Gasteiger partial charge in [-0.1, -0.05) is 24.6 Å². The highest BCUT2D eigenvalue weighted by atomic mass is 32.2. The van der Waals surface area contributed by atoms with E-state index in [2.05, 4.69) is 16.4 Å². The second-order valence-electron chi connectivity index (χ2n) is 7.74. The van der Waals surface area contributed by atoms with Crippen LogP contribution in [0, 0.1) is 11.3 Å². The van der Waals surface area contributed by atoms with Crippen LogP contribution < -0.4 is 20.3 Å². The quantitative estimate of drug-likeness (QED) is 0.420. The van der Waals surface area contributed by atoms with Crippen molar-refractivity contribution in [3.63, 3.8) is 0 Å². The van der Waals surface area contributed by atoms with Gasteiger partial charge in [-0.05, 0) is 31.0 Å². The Morgan fingerprint density at radius 1 is 1.18 bits per heavy atom. The summed E-state index contributed by atoms with van der Waals surface area (Å²) >= 11 is 1.15. The van der Waals surface area contributed by atoms with Crippen LogP contribution in [0.25, 0.3) is 16.6 Å². The highest BCUT2D eigenvalue weighted by Gasteiger charge is 2.20. The minimum Gasteiger partial charge on any atom is -0.497 e. The van der Waals surface area contributed by atoms with Crippen molar-refractivity contribution < 1.29 is 14.3 Å². The smallest absolute Gasteiger partial charge is 0.266 e. The van der Waals surface area contributed by atoms with E-state index in [1.165, 1.54) is 18.8 Å². The van der Waals surface area contributed by atoms with Crippen LogP contribution in [0.4, 0.5) is 0 Å². The molecule has 0 unspecified atom stereocenters. The van der Waals surface area contributed by atoms with Crippen molar-refractivity contribution in [1.29, 1.82) is 5.26 Å². The van der Waals surface area contributed by atoms with Gasteiger partial charge in [0.05, 0.1) is 42.6 Å². The normalized spacial score (nSPS) is 13.6. The van der Waals surface area contributed by atoms with E-state index in [1.807, 2.05) is 0 Å². The number of rotatable bonds is 7. The molecule has 1 aromatic heterocycles. The standard InChI is InChI=1S/C24H24N4O4S/c1-31-18-12-17(13-19(14-18)32-2)28-23(30)20-8-7-15(22(29)26-16-5-3-4-6-16)11-21(20)27-24(28)33-10-9-25/h7-8,11-14,16H,3-6,10H2,1-2H3,(H,26,29). The van der Waals surface area contributed by atoms with Gasteiger partial charge in [-0.3, -0.25) is 14.2 Å². The Bertz CT molecular complexity index is 1270. The fraction of sp³-hybridized carbons (Fsp3) is 0.333. The number of aromatic nitrogens is 2. The molecule has 0 saturated heterocycles. The van der Waals surface area contributed by atoms with E-state index in [-0.39, 0.29) is 23.3 Å². The van der Waals surface area contributed by atoms with Gasteiger partial charge in [-0.25, -0.2) is 4.98 Å². The van der Waals surface area contributed by atoms with E-state index in [0.29, 0.717) is 38.8 Å². The highest BCUT2D eigenvalue weighted by molar-refractivity contribution is 7.99. The third-order valence-electron chi connectivity index (χ3n) is 5.65. The lowest BCUT2D eigenvalue weighted by molar-refractivity contribution is 0.0938. The summed E-state index contributed by atoms with van der Waals surface area (Å²) in [5.74, 6) is 0.984. The van der Waals surface area contributed by atoms with Crippen LogP contribution in [-0.4, -0.2) is 41.5 Å². The predicted molar refractivity (Wildman–Crippen MR) is 127 cm³/mol. The third-order valence-corrected chi connectivity index (χ3v) is 6.46. The molecular weight excluding hydrogens is 440 g/mol. The molecule has 0 atom stereocenters. The topological polar surface area (TPSA) is 106 Å². The van der Waals surface area contributed by atoms with Crippen LogP contribution in [0.3, 0.4) is 0 Å². The van der Waals surface area contributed by atoms with Crippen molar-refractivity contribution >= 4 is 28.6 Å². The summed E-state index contributed by atoms with van der Waals surface area (Å²) in [5, 5.41) is 12.9. The average molecular weight is 465 g/mol. The van der Waals surface area contributed by atoms with Crippen LogP contribution in [0.5, 0.6) is 11.5 Å². The van der Waals surface area contributed by atoms with Crippen LogP contribution in [0.1, 0.15) is 36.0 Å². The van der Waals surface area contributed by atoms with Gasteiger partial charge < -0.3 is 14.8 Å². The van der Waals surface area contributed by atoms with E-state index < -0.39 is 0 Å². The minimum absolute atomic E-state index is 0.112. The Morgan fingerprint density at radius 3 is 2.52 bits per heavy atom. The van der Waals surface area contributed by atoms with Crippen molar-refractivity contribution in [3.05, 3.63) is 52.3 Å². The van der Waals surface area contributed by atoms with Crippen molar-refractivity contribution in [2.24, 2.45) is 0 Å². The molecule has 9 heteroatoms. The molecule has 170 valence electrons. The van der Waals surface area contributed by atoms with Crippen molar-refractivity contribution in [2.45, 2.75) is 36.9 Å². The number of carbonyl (C=O) groups excluding carboxylic acids is 1. The number of nitrogens with zero attached hydrogens (tertiary/aromatic N) is 3. The summed E-state index contributed by atoms with van der Waals surface area (Å²) in [6.45, 7) is 0. The van der Waals surface area contributed by atoms with Crippen molar-refractivity contribution in [3.8, 4) is 23.3 Å². The predicted octanol–water partition coefficient (Wildman–Crippen LogP) is 3.69. The molecule has 1 aliphatic carbocycles. The monoisotopic (exact) mass is 464 g/mol. The van der Waals surface area contributed by atoms with Gasteiger partial charge >= 0.3 is 0 Å². The zero-order valence-corrected chi connectivity index (χ0v) is 19.3. The molecule has 1 fully saturated rings. The molecule has 8 nitrogen and oxygen atoms in total. The van der Waals surface area contributed by atoms with Gasteiger partial charge in [-0.2, -0.15) is 5.26 Å². The number of hydrogen-bond donors (Lipinski definition) is 1. The first-order chi connectivity index (χ1) is 16.0. The first kappa shape index (κ1) is 22.7. The highest BCUT2D eigenvalue weighted by Crippen LogP contribution is 2.28. The lowest BCUT2D eigenvalue weighted by Gasteiger charge is -2.15. The molecule has 1 aliphatic rings. The van der Waals surface area contributed by atoms with Crippen molar-refractivity contribution in [2.75, 3.05) is 20.0 Å². The largest absolute Gasteiger partial charge is 0.497 e. The van der Waals surface area contributed by atoms with Gasteiger partial charge in [0.1, 0.15) is 11.5 Å². The number of thioether (sulfide) groups is 1. The average Bonchev–Trinajstić information content (AvgIpc) is 3.35. The Morgan fingerprint density at radius 2 is 1.88 bits per heavy atom. The Labute approximate surface area is 195 Å². The summed E-state index contributed by atoms with van der Waals surface area (Å²) < 4.78 is 12.1. The van der Waals surface area contributed by atoms with E-state index >= 15 is 0 Å². The second kappa shape index (κ2) is 9.96. The molecule has 0 aliphatic heterocycles. The van der Waals surface area contributed by atoms with Gasteiger partial charge in [0.15, 0.2) is 5.16 Å². The zero-order valence-electron chi connectivity index (χ0n) is 18.5. The van der Waals surface area contributed by atoms with Crippen LogP contribution in [-0.2, 0) is 0 Å². The summed E-state index contributed by atoms with van der Waals surface area (Å²) in [5.41, 5.74) is 1.07. The molecule has 33 heavy (non-hydrogen) atoms. The Hall–Kier alpha value is -3.51. The summed E-state index contributed by atoms with van der Waals surface area (Å²) in [7, 11) is 3.06. The maximum atomic E-state index is 13.5. The molecule has 1 saturated carbocycles. The van der Waals surface area contributed by atoms with Crippen LogP contribution in [0.2, 0.25) is 0 Å². The molecule has 0 bridgehead atoms. The molecule has 1 heterocycles. The zero-order chi connectivity index (χ0) is 23.4. The van der Waals surface area contributed by atoms with Gasteiger partial charge in [-0.15, -0.1) is 0 Å². The molecular formula is C24H24N4O4S. The Balaban J connectivity index is 1.82. The number of nitriles is 1. The molecule has 4 rings (SSSR count). The number of carbonyl (C=O) groups is 1. The molecule has 0 spiro atoms. The number of methoxy groups -OCH3 is 2. The molecule has 1 N–H and O–H groups in total. The Kier molecular flexibility index (Phi) is 6.84. The van der Waals surface area contributed by atoms with Crippen LogP contribution >= 0.6 is 11.8 Å². The second-order valence-corrected chi connectivity index (χ2v) is 8.68. The van der Waals surface area contributed by atoms with Gasteiger partial charge in [0, 0.05) is 29.8 Å². The van der Waals surface area contributed by atoms with Crippen LogP contribution in [0.15, 0.2) is 46.3 Å². The number of benzene rings is 2. The molecule has 2 aromatic carbocycles. The van der Waals surface area contributed by atoms with E-state index in [9.17, 15) is 9.59 Å². The minimum atomic E-state index is -0.307. The molecule has 0 radical (unpaired) electrons.